The van der Waals surface area contributed by atoms with E-state index in [-0.39, 0.29) is 0 Å². The molecule has 0 aromatic carbocycles. The number of hydrogen-bond donors (Lipinski definition) is 2. The van der Waals surface area contributed by atoms with E-state index in [1.165, 1.54) is 44.9 Å². The first-order chi connectivity index (χ1) is 6.38. The molecule has 2 saturated carbocycles. The molecule has 2 rings (SSSR count). The molecule has 13 heavy (non-hydrogen) atoms. The highest BCUT2D eigenvalue weighted by Gasteiger charge is 2.26. The Morgan fingerprint density at radius 3 is 2.38 bits per heavy atom. The molecule has 0 spiro atoms. The van der Waals surface area contributed by atoms with E-state index >= 15 is 0 Å². The minimum Gasteiger partial charge on any atom is -0.330 e. The summed E-state index contributed by atoms with van der Waals surface area (Å²) in [7, 11) is 0. The third kappa shape index (κ3) is 2.44. The normalized spacial score (nSPS) is 35.8. The molecule has 76 valence electrons. The predicted molar refractivity (Wildman–Crippen MR) is 55.6 cm³/mol. The SMILES string of the molecule is NCC1CCC(NC2CCCC2)C1. The highest BCUT2D eigenvalue weighted by Crippen LogP contribution is 2.27. The fraction of sp³-hybridized carbons (Fsp3) is 1.00. The molecule has 3 N–H and O–H groups in total. The van der Waals surface area contributed by atoms with Gasteiger partial charge in [0.1, 0.15) is 0 Å². The Kier molecular flexibility index (Phi) is 3.23. The molecule has 2 aliphatic carbocycles. The van der Waals surface area contributed by atoms with Gasteiger partial charge in [-0.1, -0.05) is 12.8 Å². The van der Waals surface area contributed by atoms with Gasteiger partial charge in [0.05, 0.1) is 0 Å². The quantitative estimate of drug-likeness (QED) is 0.696. The average molecular weight is 182 g/mol. The standard InChI is InChI=1S/C11H22N2/c12-8-9-5-6-11(7-9)13-10-3-1-2-4-10/h9-11,13H,1-8,12H2. The molecule has 0 saturated heterocycles. The average Bonchev–Trinajstić information content (AvgIpc) is 2.76. The largest absolute Gasteiger partial charge is 0.330 e. The van der Waals surface area contributed by atoms with Crippen molar-refractivity contribution in [1.82, 2.24) is 5.32 Å². The van der Waals surface area contributed by atoms with E-state index in [9.17, 15) is 0 Å². The first kappa shape index (κ1) is 9.47. The van der Waals surface area contributed by atoms with Crippen LogP contribution in [0, 0.1) is 5.92 Å². The Morgan fingerprint density at radius 2 is 1.77 bits per heavy atom. The lowest BCUT2D eigenvalue weighted by Gasteiger charge is -2.18. The zero-order valence-electron chi connectivity index (χ0n) is 8.47. The van der Waals surface area contributed by atoms with Crippen LogP contribution in [0.25, 0.3) is 0 Å². The lowest BCUT2D eigenvalue weighted by molar-refractivity contribution is 0.422. The van der Waals surface area contributed by atoms with Crippen molar-refractivity contribution in [3.8, 4) is 0 Å². The Morgan fingerprint density at radius 1 is 1.00 bits per heavy atom. The summed E-state index contributed by atoms with van der Waals surface area (Å²) in [6, 6.07) is 1.62. The lowest BCUT2D eigenvalue weighted by Crippen LogP contribution is -2.35. The van der Waals surface area contributed by atoms with Gasteiger partial charge in [0, 0.05) is 12.1 Å². The number of rotatable bonds is 3. The van der Waals surface area contributed by atoms with Crippen LogP contribution in [0.3, 0.4) is 0 Å². The van der Waals surface area contributed by atoms with Crippen LogP contribution in [-0.2, 0) is 0 Å². The Labute approximate surface area is 81.3 Å². The second-order valence-electron chi connectivity index (χ2n) is 4.76. The van der Waals surface area contributed by atoms with Crippen molar-refractivity contribution in [1.29, 1.82) is 0 Å². The molecule has 0 aromatic heterocycles. The van der Waals surface area contributed by atoms with Crippen molar-refractivity contribution in [2.45, 2.75) is 57.0 Å². The maximum Gasteiger partial charge on any atom is 0.00728 e. The van der Waals surface area contributed by atoms with E-state index in [1.54, 1.807) is 0 Å². The number of nitrogens with one attached hydrogen (secondary N) is 1. The third-order valence-electron chi connectivity index (χ3n) is 3.70. The molecule has 0 radical (unpaired) electrons. The lowest BCUT2D eigenvalue weighted by atomic mass is 10.1. The van der Waals surface area contributed by atoms with Crippen molar-refractivity contribution in [2.75, 3.05) is 6.54 Å². The summed E-state index contributed by atoms with van der Waals surface area (Å²) in [4.78, 5) is 0. The van der Waals surface area contributed by atoms with E-state index < -0.39 is 0 Å². The summed E-state index contributed by atoms with van der Waals surface area (Å²) in [5.41, 5.74) is 5.68. The summed E-state index contributed by atoms with van der Waals surface area (Å²) in [6.07, 6.45) is 9.72. The van der Waals surface area contributed by atoms with Crippen molar-refractivity contribution in [2.24, 2.45) is 11.7 Å². The van der Waals surface area contributed by atoms with Gasteiger partial charge in [0.15, 0.2) is 0 Å². The zero-order chi connectivity index (χ0) is 9.10. The van der Waals surface area contributed by atoms with Crippen LogP contribution in [0.4, 0.5) is 0 Å². The van der Waals surface area contributed by atoms with Crippen LogP contribution in [0.5, 0.6) is 0 Å². The van der Waals surface area contributed by atoms with Crippen LogP contribution in [0.2, 0.25) is 0 Å². The van der Waals surface area contributed by atoms with Crippen molar-refractivity contribution in [3.05, 3.63) is 0 Å². The highest BCUT2D eigenvalue weighted by atomic mass is 15.0. The molecule has 0 aromatic rings. The van der Waals surface area contributed by atoms with Gasteiger partial charge in [0.25, 0.3) is 0 Å². The molecule has 2 fully saturated rings. The minimum atomic E-state index is 0.789. The van der Waals surface area contributed by atoms with Crippen LogP contribution in [0.15, 0.2) is 0 Å². The molecule has 0 aliphatic heterocycles. The summed E-state index contributed by atoms with van der Waals surface area (Å²) >= 11 is 0. The van der Waals surface area contributed by atoms with E-state index in [0.717, 1.165) is 24.5 Å². The first-order valence-electron chi connectivity index (χ1n) is 5.84. The molecule has 2 aliphatic rings. The van der Waals surface area contributed by atoms with E-state index in [2.05, 4.69) is 5.32 Å². The molecular formula is C11H22N2. The van der Waals surface area contributed by atoms with Gasteiger partial charge in [-0.15, -0.1) is 0 Å². The monoisotopic (exact) mass is 182 g/mol. The number of hydrogen-bond acceptors (Lipinski definition) is 2. The van der Waals surface area contributed by atoms with E-state index in [1.807, 2.05) is 0 Å². The second-order valence-corrected chi connectivity index (χ2v) is 4.76. The van der Waals surface area contributed by atoms with Crippen LogP contribution in [0.1, 0.15) is 44.9 Å². The van der Waals surface area contributed by atoms with Gasteiger partial charge in [0.2, 0.25) is 0 Å². The minimum absolute atomic E-state index is 0.789. The zero-order valence-corrected chi connectivity index (χ0v) is 8.47. The van der Waals surface area contributed by atoms with Gasteiger partial charge in [-0.05, 0) is 44.6 Å². The van der Waals surface area contributed by atoms with E-state index in [0.29, 0.717) is 0 Å². The van der Waals surface area contributed by atoms with Gasteiger partial charge >= 0.3 is 0 Å². The van der Waals surface area contributed by atoms with Crippen LogP contribution in [-0.4, -0.2) is 18.6 Å². The molecular weight excluding hydrogens is 160 g/mol. The van der Waals surface area contributed by atoms with Crippen molar-refractivity contribution < 1.29 is 0 Å². The molecule has 0 amide bonds. The Hall–Kier alpha value is -0.0800. The third-order valence-corrected chi connectivity index (χ3v) is 3.70. The second kappa shape index (κ2) is 4.43. The molecule has 0 heterocycles. The fourth-order valence-electron chi connectivity index (χ4n) is 2.87. The van der Waals surface area contributed by atoms with Gasteiger partial charge in [-0.3, -0.25) is 0 Å². The van der Waals surface area contributed by atoms with Crippen LogP contribution < -0.4 is 11.1 Å². The summed E-state index contributed by atoms with van der Waals surface area (Å²) in [5.74, 6) is 0.805. The number of nitrogens with two attached hydrogens (primary N) is 1. The van der Waals surface area contributed by atoms with Crippen molar-refractivity contribution >= 4 is 0 Å². The molecule has 2 unspecified atom stereocenters. The van der Waals surface area contributed by atoms with Gasteiger partial charge in [-0.25, -0.2) is 0 Å². The smallest absolute Gasteiger partial charge is 0.00728 e. The van der Waals surface area contributed by atoms with Gasteiger partial charge in [-0.2, -0.15) is 0 Å². The Bertz CT molecular complexity index is 152. The molecule has 2 atom stereocenters. The summed E-state index contributed by atoms with van der Waals surface area (Å²) in [6.45, 7) is 0.892. The van der Waals surface area contributed by atoms with E-state index in [4.69, 9.17) is 5.73 Å². The molecule has 2 nitrogen and oxygen atoms in total. The predicted octanol–water partition coefficient (Wildman–Crippen LogP) is 1.65. The highest BCUT2D eigenvalue weighted by molar-refractivity contribution is 4.85. The molecule has 0 bridgehead atoms. The van der Waals surface area contributed by atoms with Gasteiger partial charge < -0.3 is 11.1 Å². The first-order valence-corrected chi connectivity index (χ1v) is 5.84. The topological polar surface area (TPSA) is 38.0 Å². The van der Waals surface area contributed by atoms with Crippen LogP contribution >= 0.6 is 0 Å². The fourth-order valence-corrected chi connectivity index (χ4v) is 2.87. The Balaban J connectivity index is 1.70. The maximum absolute atomic E-state index is 5.68. The van der Waals surface area contributed by atoms with Crippen molar-refractivity contribution in [3.63, 3.8) is 0 Å². The maximum atomic E-state index is 5.68. The summed E-state index contributed by atoms with van der Waals surface area (Å²) in [5, 5.41) is 3.79. The summed E-state index contributed by atoms with van der Waals surface area (Å²) < 4.78 is 0. The molecule has 2 heteroatoms.